The summed E-state index contributed by atoms with van der Waals surface area (Å²) in [6, 6.07) is 13.4. The van der Waals surface area contributed by atoms with E-state index < -0.39 is 20.0 Å². The van der Waals surface area contributed by atoms with E-state index in [1.54, 1.807) is 18.3 Å². The van der Waals surface area contributed by atoms with Crippen LogP contribution in [0.2, 0.25) is 10.0 Å². The van der Waals surface area contributed by atoms with E-state index in [0.717, 1.165) is 5.69 Å². The van der Waals surface area contributed by atoms with Gasteiger partial charge in [0.1, 0.15) is 0 Å². The molecular formula is C21H18Cl2N4O4S2. The van der Waals surface area contributed by atoms with E-state index in [1.807, 2.05) is 6.07 Å². The van der Waals surface area contributed by atoms with Crippen molar-refractivity contribution in [1.29, 1.82) is 0 Å². The van der Waals surface area contributed by atoms with Gasteiger partial charge in [0, 0.05) is 36.4 Å². The molecule has 33 heavy (non-hydrogen) atoms. The Hall–Kier alpha value is -2.63. The molecule has 4 rings (SSSR count). The van der Waals surface area contributed by atoms with Crippen molar-refractivity contribution in [2.75, 3.05) is 11.3 Å². The third kappa shape index (κ3) is 5.15. The number of rotatable bonds is 8. The number of aromatic nitrogens is 2. The second-order valence-corrected chi connectivity index (χ2v) is 11.3. The van der Waals surface area contributed by atoms with Gasteiger partial charge in [-0.2, -0.15) is 0 Å². The fraction of sp³-hybridized carbons (Fsp3) is 0.0952. The van der Waals surface area contributed by atoms with Gasteiger partial charge >= 0.3 is 0 Å². The third-order valence-corrected chi connectivity index (χ3v) is 8.30. The number of H-pyrrole nitrogens is 1. The molecule has 0 aliphatic carbocycles. The van der Waals surface area contributed by atoms with Crippen LogP contribution in [0.5, 0.6) is 0 Å². The molecule has 0 unspecified atom stereocenters. The highest BCUT2D eigenvalue weighted by Gasteiger charge is 2.20. The Kier molecular flexibility index (Phi) is 6.64. The summed E-state index contributed by atoms with van der Waals surface area (Å²) in [5, 5.41) is 1.24. The molecule has 4 aromatic rings. The van der Waals surface area contributed by atoms with E-state index in [-0.39, 0.29) is 22.0 Å². The molecule has 2 heterocycles. The zero-order chi connectivity index (χ0) is 23.6. The quantitative estimate of drug-likeness (QED) is 0.319. The minimum atomic E-state index is -4.00. The number of sulfonamides is 2. The summed E-state index contributed by atoms with van der Waals surface area (Å²) in [7, 11) is -7.81. The van der Waals surface area contributed by atoms with Crippen molar-refractivity contribution >= 4 is 59.8 Å². The average molecular weight is 525 g/mol. The Morgan fingerprint density at radius 1 is 0.848 bits per heavy atom. The molecule has 2 aromatic heterocycles. The fourth-order valence-electron chi connectivity index (χ4n) is 3.20. The zero-order valence-electron chi connectivity index (χ0n) is 16.9. The lowest BCUT2D eigenvalue weighted by Crippen LogP contribution is -2.26. The van der Waals surface area contributed by atoms with E-state index >= 15 is 0 Å². The van der Waals surface area contributed by atoms with Gasteiger partial charge in [-0.15, -0.1) is 0 Å². The lowest BCUT2D eigenvalue weighted by Gasteiger charge is -2.11. The van der Waals surface area contributed by atoms with Gasteiger partial charge < -0.3 is 4.98 Å². The van der Waals surface area contributed by atoms with Crippen molar-refractivity contribution in [2.24, 2.45) is 0 Å². The smallest absolute Gasteiger partial charge is 0.261 e. The third-order valence-electron chi connectivity index (χ3n) is 4.82. The fourth-order valence-corrected chi connectivity index (χ4v) is 5.86. The van der Waals surface area contributed by atoms with Gasteiger partial charge in [0.15, 0.2) is 0 Å². The molecule has 0 radical (unpaired) electrons. The second kappa shape index (κ2) is 9.32. The Balaban J connectivity index is 1.49. The molecule has 0 fully saturated rings. The van der Waals surface area contributed by atoms with Gasteiger partial charge in [0.25, 0.3) is 10.0 Å². The van der Waals surface area contributed by atoms with Crippen molar-refractivity contribution in [1.82, 2.24) is 14.7 Å². The predicted molar refractivity (Wildman–Crippen MR) is 129 cm³/mol. The summed E-state index contributed by atoms with van der Waals surface area (Å²) in [6.45, 7) is 0.159. The van der Waals surface area contributed by atoms with E-state index in [2.05, 4.69) is 19.4 Å². The average Bonchev–Trinajstić information content (AvgIpc) is 3.19. The summed E-state index contributed by atoms with van der Waals surface area (Å²) >= 11 is 12.3. The van der Waals surface area contributed by atoms with Crippen LogP contribution in [0.15, 0.2) is 76.8 Å². The molecule has 8 nitrogen and oxygen atoms in total. The van der Waals surface area contributed by atoms with E-state index in [9.17, 15) is 16.8 Å². The monoisotopic (exact) mass is 524 g/mol. The van der Waals surface area contributed by atoms with E-state index in [0.29, 0.717) is 27.4 Å². The number of nitrogens with zero attached hydrogens (tertiary/aromatic N) is 1. The first kappa shape index (κ1) is 23.5. The summed E-state index contributed by atoms with van der Waals surface area (Å²) in [5.41, 5.74) is 1.45. The number of aromatic amines is 1. The molecule has 0 bridgehead atoms. The highest BCUT2D eigenvalue weighted by atomic mass is 35.5. The first-order valence-corrected chi connectivity index (χ1v) is 13.4. The van der Waals surface area contributed by atoms with Crippen molar-refractivity contribution in [3.63, 3.8) is 0 Å². The Morgan fingerprint density at radius 2 is 1.55 bits per heavy atom. The SMILES string of the molecule is O=S(=O)(NCCc1ccccn1)c1ccc(S(=O)(=O)Nc2ccc(Cl)c3c(Cl)c[nH]c23)cc1. The number of anilines is 1. The first-order chi connectivity index (χ1) is 15.7. The molecule has 12 heteroatoms. The Labute approximate surface area is 201 Å². The first-order valence-electron chi connectivity index (χ1n) is 9.65. The molecule has 0 spiro atoms. The van der Waals surface area contributed by atoms with Crippen LogP contribution in [0.4, 0.5) is 5.69 Å². The maximum atomic E-state index is 12.9. The summed E-state index contributed by atoms with van der Waals surface area (Å²) in [4.78, 5) is 6.89. The maximum absolute atomic E-state index is 12.9. The highest BCUT2D eigenvalue weighted by Crippen LogP contribution is 2.35. The Morgan fingerprint density at radius 3 is 2.21 bits per heavy atom. The van der Waals surface area contributed by atoms with Crippen molar-refractivity contribution in [3.8, 4) is 0 Å². The summed E-state index contributed by atoms with van der Waals surface area (Å²) in [5.74, 6) is 0. The molecule has 0 aliphatic heterocycles. The molecule has 0 atom stereocenters. The lowest BCUT2D eigenvalue weighted by molar-refractivity contribution is 0.580. The predicted octanol–water partition coefficient (Wildman–Crippen LogP) is 4.19. The largest absolute Gasteiger partial charge is 0.358 e. The van der Waals surface area contributed by atoms with Gasteiger partial charge in [-0.25, -0.2) is 21.6 Å². The van der Waals surface area contributed by atoms with Gasteiger partial charge in [0.05, 0.1) is 31.0 Å². The van der Waals surface area contributed by atoms with Crippen LogP contribution in [0.3, 0.4) is 0 Å². The second-order valence-electron chi connectivity index (χ2n) is 7.03. The number of benzene rings is 2. The molecular weight excluding hydrogens is 507 g/mol. The van der Waals surface area contributed by atoms with E-state index in [1.165, 1.54) is 42.6 Å². The van der Waals surface area contributed by atoms with Gasteiger partial charge in [-0.05, 0) is 48.5 Å². The number of pyridine rings is 1. The molecule has 3 N–H and O–H groups in total. The number of nitrogens with one attached hydrogen (secondary N) is 3. The van der Waals surface area contributed by atoms with Crippen LogP contribution >= 0.6 is 23.2 Å². The number of fused-ring (bicyclic) bond motifs is 1. The van der Waals surface area contributed by atoms with Crippen LogP contribution in [0, 0.1) is 0 Å². The van der Waals surface area contributed by atoms with Crippen LogP contribution in [-0.4, -0.2) is 33.3 Å². The van der Waals surface area contributed by atoms with Crippen LogP contribution < -0.4 is 9.44 Å². The van der Waals surface area contributed by atoms with Crippen LogP contribution in [-0.2, 0) is 26.5 Å². The number of halogens is 2. The van der Waals surface area contributed by atoms with E-state index in [4.69, 9.17) is 23.2 Å². The van der Waals surface area contributed by atoms with Crippen LogP contribution in [0.1, 0.15) is 5.69 Å². The van der Waals surface area contributed by atoms with Crippen LogP contribution in [0.25, 0.3) is 10.9 Å². The maximum Gasteiger partial charge on any atom is 0.261 e. The zero-order valence-corrected chi connectivity index (χ0v) is 20.1. The van der Waals surface area contributed by atoms with Crippen molar-refractivity contribution in [3.05, 3.63) is 82.7 Å². The van der Waals surface area contributed by atoms with Gasteiger partial charge in [-0.3, -0.25) is 9.71 Å². The van der Waals surface area contributed by atoms with Gasteiger partial charge in [0.2, 0.25) is 10.0 Å². The molecule has 2 aromatic carbocycles. The molecule has 0 saturated carbocycles. The normalized spacial score (nSPS) is 12.2. The molecule has 172 valence electrons. The summed E-state index contributed by atoms with van der Waals surface area (Å²) < 4.78 is 55.8. The highest BCUT2D eigenvalue weighted by molar-refractivity contribution is 7.92. The number of hydrogen-bond donors (Lipinski definition) is 3. The summed E-state index contributed by atoms with van der Waals surface area (Å²) in [6.07, 6.45) is 3.57. The topological polar surface area (TPSA) is 121 Å². The Bertz CT molecular complexity index is 1510. The standard InChI is InChI=1S/C21H18Cl2N4O4S2/c22-17-8-9-19(21-20(17)18(23)13-25-21)27-33(30,31)16-6-4-15(5-7-16)32(28,29)26-12-10-14-3-1-2-11-24-14/h1-9,11,13,25-27H,10,12H2. The van der Waals surface area contributed by atoms with Crippen molar-refractivity contribution < 1.29 is 16.8 Å². The molecule has 0 aliphatic rings. The minimum absolute atomic E-state index is 0.0486. The molecule has 0 saturated heterocycles. The number of hydrogen-bond acceptors (Lipinski definition) is 5. The van der Waals surface area contributed by atoms with Gasteiger partial charge in [-0.1, -0.05) is 29.3 Å². The lowest BCUT2D eigenvalue weighted by atomic mass is 10.2. The van der Waals surface area contributed by atoms with Crippen molar-refractivity contribution in [2.45, 2.75) is 16.2 Å². The minimum Gasteiger partial charge on any atom is -0.358 e. The molecule has 0 amide bonds.